The molecule has 0 saturated heterocycles. The van der Waals surface area contributed by atoms with E-state index in [1.165, 1.54) is 61.2 Å². The lowest BCUT2D eigenvalue weighted by Gasteiger charge is -2.22. The van der Waals surface area contributed by atoms with Gasteiger partial charge < -0.3 is 0 Å². The van der Waals surface area contributed by atoms with E-state index < -0.39 is 0 Å². The second kappa shape index (κ2) is 8.24. The van der Waals surface area contributed by atoms with Crippen molar-refractivity contribution < 1.29 is 0 Å². The predicted molar refractivity (Wildman–Crippen MR) is 151 cm³/mol. The van der Waals surface area contributed by atoms with E-state index in [0.29, 0.717) is 5.92 Å². The van der Waals surface area contributed by atoms with E-state index in [1.54, 1.807) is 0 Å². The Bertz CT molecular complexity index is 1470. The van der Waals surface area contributed by atoms with Crippen molar-refractivity contribution in [2.45, 2.75) is 39.5 Å². The van der Waals surface area contributed by atoms with Gasteiger partial charge in [-0.3, -0.25) is 0 Å². The summed E-state index contributed by atoms with van der Waals surface area (Å²) in [4.78, 5) is 0. The molecule has 0 spiro atoms. The van der Waals surface area contributed by atoms with Crippen LogP contribution in [0.15, 0.2) is 103 Å². The summed E-state index contributed by atoms with van der Waals surface area (Å²) in [5.41, 5.74) is 14.7. The molecule has 4 aromatic carbocycles. The zero-order valence-corrected chi connectivity index (χ0v) is 21.1. The SMILES string of the molecule is Cc1ccc2c(c1)C(C)(C)c1cc(-c3ccc(-c4ccc(C5=CCC(C)C=C5)cc4)cc3)ccc1-2. The van der Waals surface area contributed by atoms with E-state index in [-0.39, 0.29) is 5.41 Å². The van der Waals surface area contributed by atoms with Crippen molar-refractivity contribution in [2.24, 2.45) is 5.92 Å². The second-order valence-corrected chi connectivity index (χ2v) is 10.8. The third-order valence-electron chi connectivity index (χ3n) is 7.92. The standard InChI is InChI=1S/C35H32/c1-23-5-8-25(9-6-23)26-10-12-27(13-11-26)28-14-16-29(17-15-28)30-18-20-32-31-19-7-24(2)21-33(31)35(3,4)34(32)22-30/h5,7-23H,6H2,1-4H3. The highest BCUT2D eigenvalue weighted by Crippen LogP contribution is 2.49. The van der Waals surface area contributed by atoms with E-state index in [1.807, 2.05) is 0 Å². The number of rotatable bonds is 3. The van der Waals surface area contributed by atoms with Gasteiger partial charge in [0.15, 0.2) is 0 Å². The number of hydrogen-bond donors (Lipinski definition) is 0. The topological polar surface area (TPSA) is 0 Å². The van der Waals surface area contributed by atoms with Crippen molar-refractivity contribution in [1.82, 2.24) is 0 Å². The minimum Gasteiger partial charge on any atom is -0.0808 e. The highest BCUT2D eigenvalue weighted by molar-refractivity contribution is 5.84. The van der Waals surface area contributed by atoms with Crippen LogP contribution in [-0.4, -0.2) is 0 Å². The van der Waals surface area contributed by atoms with Crippen molar-refractivity contribution in [1.29, 1.82) is 0 Å². The van der Waals surface area contributed by atoms with Gasteiger partial charge in [-0.05, 0) is 81.0 Å². The van der Waals surface area contributed by atoms with Crippen LogP contribution >= 0.6 is 0 Å². The molecule has 2 aliphatic rings. The maximum Gasteiger partial charge on any atom is 0.0159 e. The highest BCUT2D eigenvalue weighted by atomic mass is 14.4. The molecule has 0 bridgehead atoms. The lowest BCUT2D eigenvalue weighted by molar-refractivity contribution is 0.660. The molecular weight excluding hydrogens is 420 g/mol. The maximum absolute atomic E-state index is 2.40. The summed E-state index contributed by atoms with van der Waals surface area (Å²) in [6.07, 6.45) is 8.05. The zero-order chi connectivity index (χ0) is 24.2. The average Bonchev–Trinajstić information content (AvgIpc) is 3.10. The number of hydrogen-bond acceptors (Lipinski definition) is 0. The van der Waals surface area contributed by atoms with E-state index >= 15 is 0 Å². The Balaban J connectivity index is 1.27. The molecule has 0 heteroatoms. The number of aryl methyl sites for hydroxylation is 1. The molecule has 35 heavy (non-hydrogen) atoms. The first kappa shape index (κ1) is 21.9. The Kier molecular flexibility index (Phi) is 5.15. The molecule has 4 aromatic rings. The van der Waals surface area contributed by atoms with Gasteiger partial charge in [0.2, 0.25) is 0 Å². The predicted octanol–water partition coefficient (Wildman–Crippen LogP) is 9.61. The Labute approximate surface area is 209 Å². The molecule has 0 aromatic heterocycles. The van der Waals surface area contributed by atoms with E-state index in [0.717, 1.165) is 6.42 Å². The minimum absolute atomic E-state index is 0.0232. The van der Waals surface area contributed by atoms with Crippen molar-refractivity contribution in [3.8, 4) is 33.4 Å². The number of benzene rings is 4. The lowest BCUT2D eigenvalue weighted by atomic mass is 9.81. The molecule has 1 unspecified atom stereocenters. The van der Waals surface area contributed by atoms with Crippen molar-refractivity contribution in [3.63, 3.8) is 0 Å². The van der Waals surface area contributed by atoms with E-state index in [9.17, 15) is 0 Å². The van der Waals surface area contributed by atoms with Crippen molar-refractivity contribution >= 4 is 5.57 Å². The van der Waals surface area contributed by atoms with Crippen molar-refractivity contribution in [2.75, 3.05) is 0 Å². The third kappa shape index (κ3) is 3.78. The van der Waals surface area contributed by atoms with Crippen LogP contribution in [0.2, 0.25) is 0 Å². The molecule has 0 radical (unpaired) electrons. The van der Waals surface area contributed by atoms with Crippen LogP contribution in [0, 0.1) is 12.8 Å². The summed E-state index contributed by atoms with van der Waals surface area (Å²) in [6.45, 7) is 9.16. The third-order valence-corrected chi connectivity index (χ3v) is 7.92. The van der Waals surface area contributed by atoms with Crippen LogP contribution in [0.5, 0.6) is 0 Å². The largest absolute Gasteiger partial charge is 0.0808 e. The monoisotopic (exact) mass is 452 g/mol. The zero-order valence-electron chi connectivity index (χ0n) is 21.1. The Morgan fingerprint density at radius 1 is 0.629 bits per heavy atom. The van der Waals surface area contributed by atoms with Gasteiger partial charge in [0.1, 0.15) is 0 Å². The minimum atomic E-state index is 0.0232. The molecule has 6 rings (SSSR count). The number of fused-ring (bicyclic) bond motifs is 3. The van der Waals surface area contributed by atoms with Gasteiger partial charge in [0, 0.05) is 5.41 Å². The first-order chi connectivity index (χ1) is 16.9. The number of allylic oxidation sites excluding steroid dienone is 4. The van der Waals surface area contributed by atoms with E-state index in [2.05, 4.69) is 131 Å². The summed E-state index contributed by atoms with van der Waals surface area (Å²) in [5.74, 6) is 0.646. The summed E-state index contributed by atoms with van der Waals surface area (Å²) >= 11 is 0. The van der Waals surface area contributed by atoms with Gasteiger partial charge in [-0.2, -0.15) is 0 Å². The van der Waals surface area contributed by atoms with Crippen LogP contribution in [0.25, 0.3) is 39.0 Å². The molecular formula is C35H32. The first-order valence-corrected chi connectivity index (χ1v) is 12.8. The van der Waals surface area contributed by atoms with Gasteiger partial charge in [0.25, 0.3) is 0 Å². The Hall–Kier alpha value is -3.64. The van der Waals surface area contributed by atoms with Crippen LogP contribution in [0.3, 0.4) is 0 Å². The van der Waals surface area contributed by atoms with Gasteiger partial charge in [0.05, 0.1) is 0 Å². The van der Waals surface area contributed by atoms with Crippen LogP contribution < -0.4 is 0 Å². The second-order valence-electron chi connectivity index (χ2n) is 10.8. The fraction of sp³-hybridized carbons (Fsp3) is 0.200. The molecule has 0 saturated carbocycles. The molecule has 0 nitrogen and oxygen atoms in total. The first-order valence-electron chi connectivity index (χ1n) is 12.8. The molecule has 0 heterocycles. The van der Waals surface area contributed by atoms with Crippen molar-refractivity contribution in [3.05, 3.63) is 125 Å². The summed E-state index contributed by atoms with van der Waals surface area (Å²) in [7, 11) is 0. The molecule has 0 N–H and O–H groups in total. The summed E-state index contributed by atoms with van der Waals surface area (Å²) in [5, 5.41) is 0. The quantitative estimate of drug-likeness (QED) is 0.290. The molecule has 0 amide bonds. The van der Waals surface area contributed by atoms with Crippen LogP contribution in [-0.2, 0) is 5.41 Å². The molecule has 2 aliphatic carbocycles. The van der Waals surface area contributed by atoms with Gasteiger partial charge in [-0.1, -0.05) is 123 Å². The lowest BCUT2D eigenvalue weighted by Crippen LogP contribution is -2.15. The normalized spacial score (nSPS) is 17.6. The van der Waals surface area contributed by atoms with Gasteiger partial charge in [-0.25, -0.2) is 0 Å². The van der Waals surface area contributed by atoms with Gasteiger partial charge >= 0.3 is 0 Å². The molecule has 1 atom stereocenters. The maximum atomic E-state index is 2.40. The fourth-order valence-corrected chi connectivity index (χ4v) is 5.68. The molecule has 0 aliphatic heterocycles. The fourth-order valence-electron chi connectivity index (χ4n) is 5.68. The highest BCUT2D eigenvalue weighted by Gasteiger charge is 2.35. The van der Waals surface area contributed by atoms with Gasteiger partial charge in [-0.15, -0.1) is 0 Å². The van der Waals surface area contributed by atoms with Crippen LogP contribution in [0.4, 0.5) is 0 Å². The average molecular weight is 453 g/mol. The molecule has 0 fully saturated rings. The van der Waals surface area contributed by atoms with Crippen LogP contribution in [0.1, 0.15) is 49.4 Å². The molecule has 172 valence electrons. The van der Waals surface area contributed by atoms with E-state index in [4.69, 9.17) is 0 Å². The summed E-state index contributed by atoms with van der Waals surface area (Å²) < 4.78 is 0. The summed E-state index contributed by atoms with van der Waals surface area (Å²) in [6, 6.07) is 31.9. The smallest absolute Gasteiger partial charge is 0.0159 e. The Morgan fingerprint density at radius 2 is 1.14 bits per heavy atom. The Morgan fingerprint density at radius 3 is 1.74 bits per heavy atom.